The van der Waals surface area contributed by atoms with Gasteiger partial charge in [0, 0.05) is 23.7 Å². The van der Waals surface area contributed by atoms with Crippen LogP contribution in [-0.4, -0.2) is 27.8 Å². The summed E-state index contributed by atoms with van der Waals surface area (Å²) in [6.07, 6.45) is 1.73. The summed E-state index contributed by atoms with van der Waals surface area (Å²) < 4.78 is 6.94. The van der Waals surface area contributed by atoms with Crippen LogP contribution in [0.3, 0.4) is 0 Å². The fourth-order valence-electron chi connectivity index (χ4n) is 2.14. The second-order valence-electron chi connectivity index (χ2n) is 4.59. The summed E-state index contributed by atoms with van der Waals surface area (Å²) in [5.74, 6) is 0.475. The van der Waals surface area contributed by atoms with Gasteiger partial charge >= 0.3 is 0 Å². The first-order valence-electron chi connectivity index (χ1n) is 6.33. The molecular formula is C14H14N4O2S. The van der Waals surface area contributed by atoms with Gasteiger partial charge in [0.25, 0.3) is 5.91 Å². The van der Waals surface area contributed by atoms with Crippen LogP contribution in [0.4, 0.5) is 5.13 Å². The Morgan fingerprint density at radius 1 is 1.43 bits per heavy atom. The monoisotopic (exact) mass is 302 g/mol. The number of fused-ring (bicyclic) bond motifs is 1. The molecule has 0 radical (unpaired) electrons. The Labute approximate surface area is 125 Å². The van der Waals surface area contributed by atoms with Crippen molar-refractivity contribution in [2.24, 2.45) is 7.05 Å². The van der Waals surface area contributed by atoms with Gasteiger partial charge in [-0.25, -0.2) is 9.67 Å². The topological polar surface area (TPSA) is 69.0 Å². The van der Waals surface area contributed by atoms with Gasteiger partial charge in [0.2, 0.25) is 5.88 Å². The number of ether oxygens (including phenoxy) is 1. The van der Waals surface area contributed by atoms with E-state index in [4.69, 9.17) is 4.74 Å². The molecule has 3 aromatic rings. The molecule has 0 aliphatic rings. The summed E-state index contributed by atoms with van der Waals surface area (Å²) in [5, 5.41) is 8.59. The van der Waals surface area contributed by atoms with Crippen LogP contribution in [0.2, 0.25) is 0 Å². The van der Waals surface area contributed by atoms with Gasteiger partial charge in [0.15, 0.2) is 5.13 Å². The zero-order valence-electron chi connectivity index (χ0n) is 11.9. The van der Waals surface area contributed by atoms with Crippen molar-refractivity contribution in [2.45, 2.75) is 6.92 Å². The van der Waals surface area contributed by atoms with Crippen LogP contribution in [0, 0.1) is 6.92 Å². The van der Waals surface area contributed by atoms with E-state index in [9.17, 15) is 4.79 Å². The highest BCUT2D eigenvalue weighted by Gasteiger charge is 2.13. The predicted octanol–water partition coefficient (Wildman–Crippen LogP) is 2.60. The van der Waals surface area contributed by atoms with E-state index < -0.39 is 0 Å². The van der Waals surface area contributed by atoms with E-state index in [1.54, 1.807) is 37.2 Å². The summed E-state index contributed by atoms with van der Waals surface area (Å²) in [6, 6.07) is 5.33. The van der Waals surface area contributed by atoms with Crippen LogP contribution in [0.5, 0.6) is 5.88 Å². The van der Waals surface area contributed by atoms with Crippen molar-refractivity contribution in [1.82, 2.24) is 14.8 Å². The van der Waals surface area contributed by atoms with E-state index in [1.165, 1.54) is 11.3 Å². The zero-order valence-corrected chi connectivity index (χ0v) is 12.7. The maximum Gasteiger partial charge on any atom is 0.257 e. The number of hydrogen-bond donors (Lipinski definition) is 1. The number of carbonyl (C=O) groups is 1. The van der Waals surface area contributed by atoms with E-state index in [2.05, 4.69) is 15.4 Å². The van der Waals surface area contributed by atoms with E-state index in [-0.39, 0.29) is 5.91 Å². The van der Waals surface area contributed by atoms with Gasteiger partial charge in [-0.2, -0.15) is 5.10 Å². The summed E-state index contributed by atoms with van der Waals surface area (Å²) in [4.78, 5) is 17.4. The Balaban J connectivity index is 1.92. The van der Waals surface area contributed by atoms with Crippen LogP contribution >= 0.6 is 11.3 Å². The van der Waals surface area contributed by atoms with Crippen molar-refractivity contribution < 1.29 is 9.53 Å². The fraction of sp³-hybridized carbons (Fsp3) is 0.214. The third kappa shape index (κ3) is 2.47. The molecule has 0 saturated heterocycles. The lowest BCUT2D eigenvalue weighted by atomic mass is 10.1. The summed E-state index contributed by atoms with van der Waals surface area (Å²) in [7, 11) is 3.40. The predicted molar refractivity (Wildman–Crippen MR) is 82.1 cm³/mol. The quantitative estimate of drug-likeness (QED) is 0.807. The lowest BCUT2D eigenvalue weighted by molar-refractivity contribution is 0.102. The Morgan fingerprint density at radius 3 is 2.90 bits per heavy atom. The number of aromatic nitrogens is 3. The van der Waals surface area contributed by atoms with Crippen molar-refractivity contribution in [3.8, 4) is 5.88 Å². The number of thiazole rings is 1. The average molecular weight is 302 g/mol. The van der Waals surface area contributed by atoms with Crippen molar-refractivity contribution in [3.05, 3.63) is 34.8 Å². The molecule has 1 amide bonds. The number of rotatable bonds is 3. The Kier molecular flexibility index (Phi) is 3.34. The first kappa shape index (κ1) is 13.6. The average Bonchev–Trinajstić information content (AvgIpc) is 3.00. The third-order valence-corrected chi connectivity index (χ3v) is 3.91. The normalized spacial score (nSPS) is 10.8. The number of methoxy groups -OCH3 is 1. The molecular weight excluding hydrogens is 288 g/mol. The van der Waals surface area contributed by atoms with Crippen LogP contribution in [0.1, 0.15) is 15.2 Å². The molecule has 7 heteroatoms. The van der Waals surface area contributed by atoms with E-state index in [0.29, 0.717) is 16.6 Å². The second-order valence-corrected chi connectivity index (χ2v) is 5.83. The molecule has 108 valence electrons. The minimum Gasteiger partial charge on any atom is -0.481 e. The summed E-state index contributed by atoms with van der Waals surface area (Å²) in [5.41, 5.74) is 1.26. The molecule has 0 bridgehead atoms. The molecule has 2 aromatic heterocycles. The molecule has 0 aliphatic carbocycles. The smallest absolute Gasteiger partial charge is 0.257 e. The van der Waals surface area contributed by atoms with Gasteiger partial charge in [-0.1, -0.05) is 0 Å². The Morgan fingerprint density at radius 2 is 2.24 bits per heavy atom. The SMILES string of the molecule is COc1c2ccc(C(=O)Nc3ncc(C)s3)cc2nn1C. The van der Waals surface area contributed by atoms with E-state index in [0.717, 1.165) is 15.8 Å². The van der Waals surface area contributed by atoms with Crippen molar-refractivity contribution in [3.63, 3.8) is 0 Å². The number of amides is 1. The molecule has 21 heavy (non-hydrogen) atoms. The minimum atomic E-state index is -0.198. The molecule has 0 spiro atoms. The summed E-state index contributed by atoms with van der Waals surface area (Å²) in [6.45, 7) is 1.94. The number of carbonyl (C=O) groups excluding carboxylic acids is 1. The lowest BCUT2D eigenvalue weighted by Crippen LogP contribution is -2.11. The molecule has 3 rings (SSSR count). The highest BCUT2D eigenvalue weighted by atomic mass is 32.1. The van der Waals surface area contributed by atoms with Crippen molar-refractivity contribution >= 4 is 33.3 Å². The highest BCUT2D eigenvalue weighted by Crippen LogP contribution is 2.26. The molecule has 0 atom stereocenters. The Hall–Kier alpha value is -2.41. The highest BCUT2D eigenvalue weighted by molar-refractivity contribution is 7.15. The maximum atomic E-state index is 12.2. The van der Waals surface area contributed by atoms with Gasteiger partial charge < -0.3 is 4.74 Å². The van der Waals surface area contributed by atoms with Gasteiger partial charge in [0.1, 0.15) is 0 Å². The molecule has 1 aromatic carbocycles. The number of benzene rings is 1. The van der Waals surface area contributed by atoms with Crippen molar-refractivity contribution in [1.29, 1.82) is 0 Å². The van der Waals surface area contributed by atoms with Gasteiger partial charge in [-0.15, -0.1) is 11.3 Å². The molecule has 1 N–H and O–H groups in total. The van der Waals surface area contributed by atoms with Crippen LogP contribution in [0.25, 0.3) is 10.9 Å². The third-order valence-electron chi connectivity index (χ3n) is 3.08. The standard InChI is InChI=1S/C14H14N4O2S/c1-8-7-15-14(21-8)16-12(19)9-4-5-10-11(6-9)17-18(2)13(10)20-3/h4-7H,1-3H3,(H,15,16,19). The number of nitrogens with zero attached hydrogens (tertiary/aromatic N) is 3. The maximum absolute atomic E-state index is 12.2. The second kappa shape index (κ2) is 5.17. The van der Waals surface area contributed by atoms with Gasteiger partial charge in [-0.05, 0) is 25.1 Å². The first-order chi connectivity index (χ1) is 10.1. The first-order valence-corrected chi connectivity index (χ1v) is 7.14. The fourth-order valence-corrected chi connectivity index (χ4v) is 2.80. The van der Waals surface area contributed by atoms with E-state index >= 15 is 0 Å². The number of anilines is 1. The van der Waals surface area contributed by atoms with E-state index in [1.807, 2.05) is 13.0 Å². The number of hydrogen-bond acceptors (Lipinski definition) is 5. The lowest BCUT2D eigenvalue weighted by Gasteiger charge is -2.02. The number of nitrogens with one attached hydrogen (secondary N) is 1. The molecule has 0 saturated carbocycles. The molecule has 6 nitrogen and oxygen atoms in total. The van der Waals surface area contributed by atoms with Crippen LogP contribution in [0.15, 0.2) is 24.4 Å². The molecule has 0 unspecified atom stereocenters. The molecule has 2 heterocycles. The molecule has 0 aliphatic heterocycles. The van der Waals surface area contributed by atoms with Crippen LogP contribution in [-0.2, 0) is 7.05 Å². The van der Waals surface area contributed by atoms with Crippen LogP contribution < -0.4 is 10.1 Å². The number of aryl methyl sites for hydroxylation is 2. The zero-order chi connectivity index (χ0) is 15.0. The Bertz CT molecular complexity index is 822. The molecule has 0 fully saturated rings. The minimum absolute atomic E-state index is 0.198. The largest absolute Gasteiger partial charge is 0.481 e. The van der Waals surface area contributed by atoms with Crippen molar-refractivity contribution in [2.75, 3.05) is 12.4 Å². The van der Waals surface area contributed by atoms with Gasteiger partial charge in [0.05, 0.1) is 18.0 Å². The summed E-state index contributed by atoms with van der Waals surface area (Å²) >= 11 is 1.44. The van der Waals surface area contributed by atoms with Gasteiger partial charge in [-0.3, -0.25) is 10.1 Å².